The summed E-state index contributed by atoms with van der Waals surface area (Å²) in [5.74, 6) is 0. The van der Waals surface area contributed by atoms with Crippen molar-refractivity contribution < 1.29 is 17.0 Å². The molecule has 0 radical (unpaired) electrons. The summed E-state index contributed by atoms with van der Waals surface area (Å²) < 4.78 is 0. The van der Waals surface area contributed by atoms with Gasteiger partial charge in [-0.05, 0) is 6.26 Å². The first kappa shape index (κ1) is 15.7. The minimum Gasteiger partial charge on any atom is -1.00 e. The molecule has 0 saturated carbocycles. The first-order valence-corrected chi connectivity index (χ1v) is 2.27. The van der Waals surface area contributed by atoms with Crippen LogP contribution in [0.3, 0.4) is 0 Å². The molecule has 0 N–H and O–H groups in total. The van der Waals surface area contributed by atoms with Crippen LogP contribution in [0.5, 0.6) is 0 Å². The Morgan fingerprint density at radius 3 is 1.83 bits per heavy atom. The second kappa shape index (κ2) is 16.2. The molecule has 0 amide bonds. The molecule has 0 nitrogen and oxygen atoms in total. The Morgan fingerprint density at radius 2 is 1.83 bits per heavy atom. The average Bonchev–Trinajstić information content (AvgIpc) is 1.37. The van der Waals surface area contributed by atoms with Gasteiger partial charge in [-0.1, -0.05) is 0 Å². The third-order valence-corrected chi connectivity index (χ3v) is 0.408. The minimum absolute atomic E-state index is 0. The van der Waals surface area contributed by atoms with Gasteiger partial charge in [-0.25, -0.2) is 5.41 Å². The van der Waals surface area contributed by atoms with Crippen LogP contribution in [0.2, 0.25) is 0 Å². The van der Waals surface area contributed by atoms with Crippen molar-refractivity contribution in [2.45, 2.75) is 0 Å². The quantitative estimate of drug-likeness (QED) is 0.327. The van der Waals surface area contributed by atoms with Crippen molar-refractivity contribution in [1.29, 1.82) is 0 Å². The van der Waals surface area contributed by atoms with Crippen molar-refractivity contribution in [3.8, 4) is 0 Å². The average molecular weight is 177 g/mol. The molecule has 0 saturated heterocycles. The van der Waals surface area contributed by atoms with Gasteiger partial charge in [-0.3, -0.25) is 0 Å². The Morgan fingerprint density at radius 1 is 1.67 bits per heavy atom. The van der Waals surface area contributed by atoms with E-state index in [1.165, 1.54) is 11.8 Å². The van der Waals surface area contributed by atoms with Crippen LogP contribution in [0.1, 0.15) is 0 Å². The van der Waals surface area contributed by atoms with Crippen LogP contribution in [-0.4, -0.2) is 29.3 Å². The van der Waals surface area contributed by atoms with Gasteiger partial charge in [-0.2, -0.15) is 11.8 Å². The maximum atomic E-state index is 4.87. The molecule has 0 spiro atoms. The summed E-state index contributed by atoms with van der Waals surface area (Å²) >= 11 is 1.51. The summed E-state index contributed by atoms with van der Waals surface area (Å²) in [6.07, 6.45) is 1.92. The molecule has 0 rings (SSSR count). The minimum atomic E-state index is 0. The van der Waals surface area contributed by atoms with E-state index in [-0.39, 0.29) is 40.0 Å². The third-order valence-electron chi connectivity index (χ3n) is 0.136. The summed E-state index contributed by atoms with van der Waals surface area (Å²) in [6.45, 7) is 4.87. The molecule has 0 atom stereocenters. The third kappa shape index (κ3) is 18.4. The normalized spacial score (nSPS) is 4.17. The molecule has 32 valence electrons. The zero-order valence-electron chi connectivity index (χ0n) is 3.65. The van der Waals surface area contributed by atoms with E-state index in [1.54, 1.807) is 5.41 Å². The Bertz CT molecular complexity index is 24.8. The number of thioether (sulfide) groups is 1. The molecule has 0 heterocycles. The van der Waals surface area contributed by atoms with Gasteiger partial charge >= 0.3 is 23.1 Å². The Kier molecular flexibility index (Phi) is 42.3. The molecule has 0 aromatic rings. The van der Waals surface area contributed by atoms with E-state index in [9.17, 15) is 0 Å². The number of rotatable bonds is 1. The second-order valence-electron chi connectivity index (χ2n) is 0.372. The Balaban J connectivity index is -0.0000000450. The summed E-state index contributed by atoms with van der Waals surface area (Å²) in [5.41, 5.74) is 0. The Labute approximate surface area is 69.7 Å². The van der Waals surface area contributed by atoms with E-state index in [4.69, 9.17) is 6.58 Å². The van der Waals surface area contributed by atoms with E-state index in [2.05, 4.69) is 0 Å². The molecule has 0 aromatic carbocycles. The van der Waals surface area contributed by atoms with E-state index in [1.807, 2.05) is 6.26 Å². The molecule has 3 heteroatoms. The molecule has 0 unspecified atom stereocenters. The van der Waals surface area contributed by atoms with Gasteiger partial charge in [0.25, 0.3) is 0 Å². The summed E-state index contributed by atoms with van der Waals surface area (Å²) in [5, 5.41) is 1.54. The maximum Gasteiger partial charge on any atom is 2.00 e. The molecule has 0 fully saturated rings. The van der Waals surface area contributed by atoms with Crippen molar-refractivity contribution in [3.63, 3.8) is 0 Å². The maximum absolute atomic E-state index is 4.87. The van der Waals surface area contributed by atoms with Crippen molar-refractivity contribution in [2.75, 3.05) is 6.26 Å². The van der Waals surface area contributed by atoms with Crippen LogP contribution in [0.4, 0.5) is 0 Å². The topological polar surface area (TPSA) is 0 Å². The van der Waals surface area contributed by atoms with Gasteiger partial charge in [0.15, 0.2) is 0 Å². The number of hydrogen-bond donors (Lipinski definition) is 0. The standard InChI is InChI=1S/C3H5S.BrH.Mg/c1-3-4-2;;/h1,3H,2H3;1H;/q-1;;+2/p-1. The van der Waals surface area contributed by atoms with Gasteiger partial charge in [0.05, 0.1) is 0 Å². The molecule has 0 aliphatic rings. The second-order valence-corrected chi connectivity index (χ2v) is 1.12. The van der Waals surface area contributed by atoms with Crippen LogP contribution >= 0.6 is 11.8 Å². The van der Waals surface area contributed by atoms with Crippen LogP contribution in [-0.2, 0) is 0 Å². The molecule has 0 aliphatic heterocycles. The monoisotopic (exact) mass is 176 g/mol. The first-order chi connectivity index (χ1) is 1.91. The summed E-state index contributed by atoms with van der Waals surface area (Å²) in [7, 11) is 0. The van der Waals surface area contributed by atoms with E-state index >= 15 is 0 Å². The van der Waals surface area contributed by atoms with Gasteiger partial charge < -0.3 is 23.6 Å². The zero-order chi connectivity index (χ0) is 3.41. The van der Waals surface area contributed by atoms with Crippen molar-refractivity contribution in [1.82, 2.24) is 0 Å². The van der Waals surface area contributed by atoms with Crippen LogP contribution in [0.25, 0.3) is 0 Å². The van der Waals surface area contributed by atoms with Crippen LogP contribution in [0, 0.1) is 6.58 Å². The SMILES string of the molecule is [Br-].[CH-]=CSC.[Mg+2]. The van der Waals surface area contributed by atoms with Crippen molar-refractivity contribution in [3.05, 3.63) is 12.0 Å². The van der Waals surface area contributed by atoms with Gasteiger partial charge in [0.1, 0.15) is 0 Å². The molecule has 0 aromatic heterocycles. The molecular weight excluding hydrogens is 172 g/mol. The Hall–Kier alpha value is 1.34. The van der Waals surface area contributed by atoms with Crippen molar-refractivity contribution in [2.24, 2.45) is 0 Å². The molecule has 6 heavy (non-hydrogen) atoms. The fourth-order valence-corrected chi connectivity index (χ4v) is 0. The van der Waals surface area contributed by atoms with Crippen LogP contribution < -0.4 is 17.0 Å². The summed E-state index contributed by atoms with van der Waals surface area (Å²) in [6, 6.07) is 0. The van der Waals surface area contributed by atoms with E-state index < -0.39 is 0 Å². The predicted octanol–water partition coefficient (Wildman–Crippen LogP) is -2.08. The van der Waals surface area contributed by atoms with Gasteiger partial charge in [-0.15, -0.1) is 0 Å². The number of halogens is 1. The van der Waals surface area contributed by atoms with Crippen LogP contribution in [0.15, 0.2) is 5.41 Å². The first-order valence-electron chi connectivity index (χ1n) is 0.977. The molecule has 0 bridgehead atoms. The molecular formula is C3H5BrMgS. The van der Waals surface area contributed by atoms with E-state index in [0.717, 1.165) is 0 Å². The predicted molar refractivity (Wildman–Crippen MR) is 28.1 cm³/mol. The summed E-state index contributed by atoms with van der Waals surface area (Å²) in [4.78, 5) is 0. The zero-order valence-corrected chi connectivity index (χ0v) is 7.46. The fourth-order valence-electron chi connectivity index (χ4n) is 0. The largest absolute Gasteiger partial charge is 2.00 e. The smallest absolute Gasteiger partial charge is 1.00 e. The van der Waals surface area contributed by atoms with E-state index in [0.29, 0.717) is 0 Å². The van der Waals surface area contributed by atoms with Crippen molar-refractivity contribution >= 4 is 34.8 Å². The fraction of sp³-hybridized carbons (Fsp3) is 0.333. The van der Waals surface area contributed by atoms with Gasteiger partial charge in [0.2, 0.25) is 0 Å². The van der Waals surface area contributed by atoms with Gasteiger partial charge in [0, 0.05) is 0 Å². The molecule has 0 aliphatic carbocycles. The number of hydrogen-bond acceptors (Lipinski definition) is 1.